The van der Waals surface area contributed by atoms with Crippen molar-refractivity contribution in [3.63, 3.8) is 0 Å². The number of hydrogen-bond acceptors (Lipinski definition) is 4. The zero-order valence-electron chi connectivity index (χ0n) is 12.4. The van der Waals surface area contributed by atoms with Crippen molar-refractivity contribution in [1.29, 1.82) is 0 Å². The molecule has 1 saturated heterocycles. The van der Waals surface area contributed by atoms with Gasteiger partial charge in [-0.05, 0) is 35.2 Å². The molecule has 0 aromatic carbocycles. The lowest BCUT2D eigenvalue weighted by atomic mass is 9.95. The predicted molar refractivity (Wildman–Crippen MR) is 85.4 cm³/mol. The van der Waals surface area contributed by atoms with Crippen molar-refractivity contribution in [2.24, 2.45) is 13.0 Å². The summed E-state index contributed by atoms with van der Waals surface area (Å²) in [7, 11) is 1.63. The number of nitrogens with zero attached hydrogens (tertiary/aromatic N) is 3. The molecular formula is C14H21BrN4O2. The van der Waals surface area contributed by atoms with Gasteiger partial charge in [-0.1, -0.05) is 6.92 Å². The molecule has 1 aromatic heterocycles. The van der Waals surface area contributed by atoms with E-state index in [4.69, 9.17) is 0 Å². The van der Waals surface area contributed by atoms with Crippen LogP contribution in [0.25, 0.3) is 0 Å². The number of aromatic nitrogens is 2. The molecule has 0 radical (unpaired) electrons. The van der Waals surface area contributed by atoms with Crippen molar-refractivity contribution in [3.8, 4) is 0 Å². The number of nitrogens with one attached hydrogen (secondary N) is 1. The first-order valence-corrected chi connectivity index (χ1v) is 8.08. The van der Waals surface area contributed by atoms with Crippen LogP contribution < -0.4 is 15.8 Å². The lowest BCUT2D eigenvalue weighted by Gasteiger charge is -2.33. The Morgan fingerprint density at radius 1 is 1.48 bits per heavy atom. The van der Waals surface area contributed by atoms with Crippen LogP contribution in [-0.4, -0.2) is 35.3 Å². The third-order valence-electron chi connectivity index (χ3n) is 3.82. The third kappa shape index (κ3) is 3.64. The monoisotopic (exact) mass is 356 g/mol. The zero-order chi connectivity index (χ0) is 15.4. The van der Waals surface area contributed by atoms with Gasteiger partial charge in [-0.2, -0.15) is 5.10 Å². The van der Waals surface area contributed by atoms with Crippen LogP contribution in [0, 0.1) is 5.92 Å². The van der Waals surface area contributed by atoms with Crippen LogP contribution in [0.4, 0.5) is 5.69 Å². The summed E-state index contributed by atoms with van der Waals surface area (Å²) in [5, 5.41) is 7.01. The smallest absolute Gasteiger partial charge is 0.282 e. The molecule has 116 valence electrons. The van der Waals surface area contributed by atoms with Gasteiger partial charge in [-0.25, -0.2) is 4.68 Å². The highest BCUT2D eigenvalue weighted by molar-refractivity contribution is 9.10. The molecule has 1 amide bonds. The van der Waals surface area contributed by atoms with Gasteiger partial charge < -0.3 is 10.2 Å². The summed E-state index contributed by atoms with van der Waals surface area (Å²) in [6, 6.07) is 0. The Labute approximate surface area is 132 Å². The number of carbonyl (C=O) groups is 1. The van der Waals surface area contributed by atoms with Crippen LogP contribution in [0.2, 0.25) is 0 Å². The fourth-order valence-electron chi connectivity index (χ4n) is 2.50. The third-order valence-corrected chi connectivity index (χ3v) is 4.56. The van der Waals surface area contributed by atoms with E-state index in [0.717, 1.165) is 44.6 Å². The van der Waals surface area contributed by atoms with Gasteiger partial charge in [0, 0.05) is 32.6 Å². The predicted octanol–water partition coefficient (Wildman–Crippen LogP) is 1.29. The largest absolute Gasteiger partial charge is 0.369 e. The van der Waals surface area contributed by atoms with Gasteiger partial charge in [-0.15, -0.1) is 0 Å². The number of anilines is 1. The molecule has 0 unspecified atom stereocenters. The van der Waals surface area contributed by atoms with E-state index in [0.29, 0.717) is 4.47 Å². The van der Waals surface area contributed by atoms with E-state index in [2.05, 4.69) is 31.2 Å². The number of amides is 1. The Balaban J connectivity index is 2.00. The summed E-state index contributed by atoms with van der Waals surface area (Å²) in [5.74, 6) is 0.226. The van der Waals surface area contributed by atoms with Crippen LogP contribution in [0.5, 0.6) is 0 Å². The average molecular weight is 357 g/mol. The van der Waals surface area contributed by atoms with Crippen LogP contribution in [0.15, 0.2) is 15.5 Å². The van der Waals surface area contributed by atoms with E-state index in [1.54, 1.807) is 13.2 Å². The molecule has 1 N–H and O–H groups in total. The number of piperidine rings is 1. The SMILES string of the molecule is CCCNC(=O)C1CCN(c2cnn(C)c(=O)c2Br)CC1. The summed E-state index contributed by atoms with van der Waals surface area (Å²) in [6.45, 7) is 4.31. The molecule has 0 spiro atoms. The molecule has 0 aliphatic carbocycles. The van der Waals surface area contributed by atoms with Crippen molar-refractivity contribution in [2.45, 2.75) is 26.2 Å². The molecular weight excluding hydrogens is 336 g/mol. The van der Waals surface area contributed by atoms with Crippen molar-refractivity contribution < 1.29 is 4.79 Å². The minimum absolute atomic E-state index is 0.0751. The van der Waals surface area contributed by atoms with Gasteiger partial charge in [-0.3, -0.25) is 9.59 Å². The Hall–Kier alpha value is -1.37. The standard InChI is InChI=1S/C14H21BrN4O2/c1-3-6-16-13(20)10-4-7-19(8-5-10)11-9-17-18(2)14(21)12(11)15/h9-10H,3-8H2,1-2H3,(H,16,20). The van der Waals surface area contributed by atoms with Crippen LogP contribution in [0.1, 0.15) is 26.2 Å². The lowest BCUT2D eigenvalue weighted by Crippen LogP contribution is -2.41. The van der Waals surface area contributed by atoms with E-state index >= 15 is 0 Å². The molecule has 6 nitrogen and oxygen atoms in total. The molecule has 1 fully saturated rings. The molecule has 0 saturated carbocycles. The van der Waals surface area contributed by atoms with Crippen molar-refractivity contribution in [3.05, 3.63) is 21.0 Å². The van der Waals surface area contributed by atoms with Crippen LogP contribution in [-0.2, 0) is 11.8 Å². The summed E-state index contributed by atoms with van der Waals surface area (Å²) >= 11 is 3.35. The Kier molecular flexibility index (Phi) is 5.39. The van der Waals surface area contributed by atoms with E-state index in [9.17, 15) is 9.59 Å². The number of aryl methyl sites for hydroxylation is 1. The lowest BCUT2D eigenvalue weighted by molar-refractivity contribution is -0.125. The topological polar surface area (TPSA) is 67.2 Å². The second-order valence-corrected chi connectivity index (χ2v) is 6.12. The molecule has 1 aromatic rings. The van der Waals surface area contributed by atoms with Gasteiger partial charge in [0.15, 0.2) is 0 Å². The Morgan fingerprint density at radius 3 is 2.76 bits per heavy atom. The van der Waals surface area contributed by atoms with Gasteiger partial charge in [0.1, 0.15) is 4.47 Å². The number of halogens is 1. The number of rotatable bonds is 4. The van der Waals surface area contributed by atoms with E-state index in [-0.39, 0.29) is 17.4 Å². The molecule has 2 rings (SSSR count). The molecule has 2 heterocycles. The summed E-state index contributed by atoms with van der Waals surface area (Å²) in [6.07, 6.45) is 4.26. The first kappa shape index (κ1) is 16.0. The fourth-order valence-corrected chi connectivity index (χ4v) is 3.11. The molecule has 0 atom stereocenters. The maximum Gasteiger partial charge on any atom is 0.282 e. The maximum absolute atomic E-state index is 12.0. The minimum atomic E-state index is -0.143. The van der Waals surface area contributed by atoms with E-state index < -0.39 is 0 Å². The fraction of sp³-hybridized carbons (Fsp3) is 0.643. The zero-order valence-corrected chi connectivity index (χ0v) is 14.0. The highest BCUT2D eigenvalue weighted by atomic mass is 79.9. The van der Waals surface area contributed by atoms with E-state index in [1.807, 2.05) is 6.92 Å². The number of carbonyl (C=O) groups excluding carboxylic acids is 1. The van der Waals surface area contributed by atoms with Crippen molar-refractivity contribution in [1.82, 2.24) is 15.1 Å². The Morgan fingerprint density at radius 2 is 2.14 bits per heavy atom. The maximum atomic E-state index is 12.0. The normalized spacial score (nSPS) is 16.0. The second kappa shape index (κ2) is 7.06. The van der Waals surface area contributed by atoms with E-state index in [1.165, 1.54) is 4.68 Å². The molecule has 7 heteroatoms. The minimum Gasteiger partial charge on any atom is -0.369 e. The first-order chi connectivity index (χ1) is 10.0. The van der Waals surface area contributed by atoms with Gasteiger partial charge in [0.2, 0.25) is 5.91 Å². The van der Waals surface area contributed by atoms with Crippen LogP contribution in [0.3, 0.4) is 0 Å². The quantitative estimate of drug-likeness (QED) is 0.882. The Bertz CT molecular complexity index is 565. The van der Waals surface area contributed by atoms with Gasteiger partial charge in [0.05, 0.1) is 11.9 Å². The number of hydrogen-bond donors (Lipinski definition) is 1. The van der Waals surface area contributed by atoms with Gasteiger partial charge >= 0.3 is 0 Å². The first-order valence-electron chi connectivity index (χ1n) is 7.29. The average Bonchev–Trinajstić information content (AvgIpc) is 2.51. The second-order valence-electron chi connectivity index (χ2n) is 5.32. The molecule has 21 heavy (non-hydrogen) atoms. The summed E-state index contributed by atoms with van der Waals surface area (Å²) in [5.41, 5.74) is 0.667. The molecule has 1 aliphatic rings. The summed E-state index contributed by atoms with van der Waals surface area (Å²) in [4.78, 5) is 26.0. The van der Waals surface area contributed by atoms with Gasteiger partial charge in [0.25, 0.3) is 5.56 Å². The highest BCUT2D eigenvalue weighted by Crippen LogP contribution is 2.27. The van der Waals surface area contributed by atoms with Crippen molar-refractivity contribution in [2.75, 3.05) is 24.5 Å². The molecule has 0 bridgehead atoms. The highest BCUT2D eigenvalue weighted by Gasteiger charge is 2.26. The molecule has 1 aliphatic heterocycles. The van der Waals surface area contributed by atoms with Crippen molar-refractivity contribution >= 4 is 27.5 Å². The van der Waals surface area contributed by atoms with Crippen LogP contribution >= 0.6 is 15.9 Å². The summed E-state index contributed by atoms with van der Waals surface area (Å²) < 4.78 is 1.84.